The van der Waals surface area contributed by atoms with E-state index in [1.807, 2.05) is 23.9 Å². The molecule has 1 fully saturated rings. The lowest BCUT2D eigenvalue weighted by Gasteiger charge is -2.27. The summed E-state index contributed by atoms with van der Waals surface area (Å²) in [7, 11) is 0. The molecule has 1 aromatic carbocycles. The van der Waals surface area contributed by atoms with E-state index >= 15 is 0 Å². The minimum Gasteiger partial charge on any atom is -0.313 e. The maximum absolute atomic E-state index is 13.0. The van der Waals surface area contributed by atoms with Crippen LogP contribution in [0, 0.1) is 11.7 Å². The second-order valence-electron chi connectivity index (χ2n) is 6.08. The monoisotopic (exact) mass is 309 g/mol. The number of nitrogens with one attached hydrogen (secondary N) is 1. The molecule has 0 spiro atoms. The van der Waals surface area contributed by atoms with Gasteiger partial charge in [-0.1, -0.05) is 32.6 Å². The Balaban J connectivity index is 1.89. The van der Waals surface area contributed by atoms with Crippen LogP contribution in [0.5, 0.6) is 0 Å². The number of hydrogen-bond acceptors (Lipinski definition) is 2. The molecule has 1 aromatic rings. The maximum Gasteiger partial charge on any atom is 0.123 e. The van der Waals surface area contributed by atoms with Gasteiger partial charge < -0.3 is 5.32 Å². The Bertz CT molecular complexity index is 385. The fourth-order valence-electron chi connectivity index (χ4n) is 3.12. The minimum atomic E-state index is -0.149. The Morgan fingerprint density at radius 2 is 1.81 bits per heavy atom. The third-order valence-electron chi connectivity index (χ3n) is 4.37. The van der Waals surface area contributed by atoms with Crippen LogP contribution in [0.4, 0.5) is 4.39 Å². The summed E-state index contributed by atoms with van der Waals surface area (Å²) in [4.78, 5) is 1.17. The van der Waals surface area contributed by atoms with Crippen molar-refractivity contribution in [2.45, 2.75) is 62.8 Å². The summed E-state index contributed by atoms with van der Waals surface area (Å²) in [6.07, 6.45) is 9.50. The topological polar surface area (TPSA) is 12.0 Å². The number of thioether (sulfide) groups is 1. The first-order chi connectivity index (χ1) is 10.3. The van der Waals surface area contributed by atoms with Crippen molar-refractivity contribution in [2.75, 3.05) is 12.3 Å². The normalized spacial score (nSPS) is 18.4. The maximum atomic E-state index is 13.0. The quantitative estimate of drug-likeness (QED) is 0.545. The van der Waals surface area contributed by atoms with E-state index in [9.17, 15) is 4.39 Å². The summed E-state index contributed by atoms with van der Waals surface area (Å²) >= 11 is 1.86. The molecule has 1 atom stereocenters. The zero-order chi connectivity index (χ0) is 14.9. The van der Waals surface area contributed by atoms with Crippen LogP contribution < -0.4 is 5.32 Å². The summed E-state index contributed by atoms with van der Waals surface area (Å²) < 4.78 is 13.0. The summed E-state index contributed by atoms with van der Waals surface area (Å²) in [5, 5.41) is 3.75. The Hall–Kier alpha value is -0.540. The third kappa shape index (κ3) is 5.99. The van der Waals surface area contributed by atoms with Gasteiger partial charge in [0.05, 0.1) is 0 Å². The summed E-state index contributed by atoms with van der Waals surface area (Å²) in [6.45, 7) is 3.33. The summed E-state index contributed by atoms with van der Waals surface area (Å²) in [5.41, 5.74) is 0. The van der Waals surface area contributed by atoms with Crippen LogP contribution in [0.3, 0.4) is 0 Å². The number of hydrogen-bond donors (Lipinski definition) is 1. The lowest BCUT2D eigenvalue weighted by Crippen LogP contribution is -2.38. The third-order valence-corrected chi connectivity index (χ3v) is 5.50. The van der Waals surface area contributed by atoms with Gasteiger partial charge in [0.2, 0.25) is 0 Å². The average molecular weight is 309 g/mol. The molecule has 1 saturated carbocycles. The van der Waals surface area contributed by atoms with Gasteiger partial charge in [-0.2, -0.15) is 0 Å². The summed E-state index contributed by atoms with van der Waals surface area (Å²) in [5.74, 6) is 1.76. The molecule has 1 nitrogen and oxygen atoms in total. The molecule has 1 N–H and O–H groups in total. The fraction of sp³-hybridized carbons (Fsp3) is 0.667. The van der Waals surface area contributed by atoms with E-state index < -0.39 is 0 Å². The highest BCUT2D eigenvalue weighted by Gasteiger charge is 2.22. The van der Waals surface area contributed by atoms with Crippen LogP contribution in [0.2, 0.25) is 0 Å². The van der Waals surface area contributed by atoms with Gasteiger partial charge in [0, 0.05) is 16.7 Å². The van der Waals surface area contributed by atoms with Gasteiger partial charge in [-0.25, -0.2) is 4.39 Å². The SMILES string of the molecule is CCCNC(CSc1ccc(F)cc1)C1CCCCCC1. The van der Waals surface area contributed by atoms with Crippen molar-refractivity contribution in [1.82, 2.24) is 5.32 Å². The first-order valence-electron chi connectivity index (χ1n) is 8.41. The van der Waals surface area contributed by atoms with Crippen molar-refractivity contribution >= 4 is 11.8 Å². The van der Waals surface area contributed by atoms with Crippen LogP contribution in [0.1, 0.15) is 51.9 Å². The fourth-order valence-corrected chi connectivity index (χ4v) is 4.21. The smallest absolute Gasteiger partial charge is 0.123 e. The van der Waals surface area contributed by atoms with E-state index in [4.69, 9.17) is 0 Å². The molecule has 0 bridgehead atoms. The molecular formula is C18H28FNS. The van der Waals surface area contributed by atoms with Crippen molar-refractivity contribution in [3.8, 4) is 0 Å². The highest BCUT2D eigenvalue weighted by atomic mass is 32.2. The van der Waals surface area contributed by atoms with Gasteiger partial charge >= 0.3 is 0 Å². The van der Waals surface area contributed by atoms with Gasteiger partial charge in [-0.15, -0.1) is 11.8 Å². The van der Waals surface area contributed by atoms with Gasteiger partial charge in [-0.05, 0) is 56.0 Å². The highest BCUT2D eigenvalue weighted by molar-refractivity contribution is 7.99. The molecule has 0 heterocycles. The lowest BCUT2D eigenvalue weighted by atomic mass is 9.93. The molecule has 0 aliphatic heterocycles. The van der Waals surface area contributed by atoms with Gasteiger partial charge in [0.25, 0.3) is 0 Å². The molecule has 3 heteroatoms. The van der Waals surface area contributed by atoms with E-state index in [1.165, 1.54) is 49.8 Å². The molecular weight excluding hydrogens is 281 g/mol. The Labute approximate surface area is 133 Å². The van der Waals surface area contributed by atoms with E-state index in [-0.39, 0.29) is 5.82 Å². The van der Waals surface area contributed by atoms with Crippen LogP contribution in [-0.2, 0) is 0 Å². The molecule has 0 saturated heterocycles. The van der Waals surface area contributed by atoms with Crippen molar-refractivity contribution < 1.29 is 4.39 Å². The molecule has 21 heavy (non-hydrogen) atoms. The van der Waals surface area contributed by atoms with Crippen molar-refractivity contribution in [3.05, 3.63) is 30.1 Å². The van der Waals surface area contributed by atoms with Crippen LogP contribution in [-0.4, -0.2) is 18.3 Å². The number of halogens is 1. The van der Waals surface area contributed by atoms with Crippen LogP contribution >= 0.6 is 11.8 Å². The molecule has 2 rings (SSSR count). The van der Waals surface area contributed by atoms with Gasteiger partial charge in [0.15, 0.2) is 0 Å². The molecule has 1 aliphatic rings. The van der Waals surface area contributed by atoms with Crippen LogP contribution in [0.15, 0.2) is 29.2 Å². The van der Waals surface area contributed by atoms with E-state index in [0.29, 0.717) is 6.04 Å². The van der Waals surface area contributed by atoms with Gasteiger partial charge in [-0.3, -0.25) is 0 Å². The van der Waals surface area contributed by atoms with Crippen LogP contribution in [0.25, 0.3) is 0 Å². The Kier molecular flexibility index (Phi) is 7.59. The molecule has 1 aliphatic carbocycles. The average Bonchev–Trinajstić information content (AvgIpc) is 2.78. The second-order valence-corrected chi connectivity index (χ2v) is 7.17. The standard InChI is InChI=1S/C18H28FNS/c1-2-13-20-18(15-7-5-3-4-6-8-15)14-21-17-11-9-16(19)10-12-17/h9-12,15,18,20H,2-8,13-14H2,1H3. The van der Waals surface area contributed by atoms with E-state index in [2.05, 4.69) is 12.2 Å². The largest absolute Gasteiger partial charge is 0.313 e. The first-order valence-corrected chi connectivity index (χ1v) is 9.40. The predicted octanol–water partition coefficient (Wildman–Crippen LogP) is 5.26. The van der Waals surface area contributed by atoms with Crippen molar-refractivity contribution in [3.63, 3.8) is 0 Å². The Morgan fingerprint density at radius 3 is 2.43 bits per heavy atom. The highest BCUT2D eigenvalue weighted by Crippen LogP contribution is 2.29. The van der Waals surface area contributed by atoms with Crippen molar-refractivity contribution in [1.29, 1.82) is 0 Å². The molecule has 1 unspecified atom stereocenters. The first kappa shape index (κ1) is 16.8. The lowest BCUT2D eigenvalue weighted by molar-refractivity contribution is 0.343. The Morgan fingerprint density at radius 1 is 1.14 bits per heavy atom. The number of benzene rings is 1. The van der Waals surface area contributed by atoms with E-state index in [1.54, 1.807) is 12.1 Å². The molecule has 0 amide bonds. The predicted molar refractivity (Wildman–Crippen MR) is 90.4 cm³/mol. The van der Waals surface area contributed by atoms with Crippen molar-refractivity contribution in [2.24, 2.45) is 5.92 Å². The van der Waals surface area contributed by atoms with E-state index in [0.717, 1.165) is 18.2 Å². The molecule has 0 radical (unpaired) electrons. The molecule has 0 aromatic heterocycles. The zero-order valence-electron chi connectivity index (χ0n) is 13.1. The zero-order valence-corrected chi connectivity index (χ0v) is 13.9. The van der Waals surface area contributed by atoms with Gasteiger partial charge in [0.1, 0.15) is 5.82 Å². The summed E-state index contributed by atoms with van der Waals surface area (Å²) in [6, 6.07) is 7.50. The second kappa shape index (κ2) is 9.47. The number of rotatable bonds is 7. The minimum absolute atomic E-state index is 0.149. The molecule has 118 valence electrons.